The first-order chi connectivity index (χ1) is 7.68. The monoisotopic (exact) mass is 315 g/mol. The molecule has 1 atom stereocenters. The van der Waals surface area contributed by atoms with E-state index in [1.165, 1.54) is 10.4 Å². The summed E-state index contributed by atoms with van der Waals surface area (Å²) in [6.07, 6.45) is 2.70. The Morgan fingerprint density at radius 3 is 2.94 bits per heavy atom. The lowest BCUT2D eigenvalue weighted by Gasteiger charge is -2.09. The summed E-state index contributed by atoms with van der Waals surface area (Å²) in [7, 11) is 0. The maximum atomic E-state index is 6.10. The molecule has 0 aromatic carbocycles. The summed E-state index contributed by atoms with van der Waals surface area (Å²) in [4.78, 5) is 5.81. The highest BCUT2D eigenvalue weighted by Crippen LogP contribution is 2.36. The molecule has 2 aromatic heterocycles. The molecule has 0 aliphatic carbocycles. The zero-order valence-electron chi connectivity index (χ0n) is 8.78. The molecule has 2 aromatic rings. The van der Waals surface area contributed by atoms with Crippen molar-refractivity contribution in [3.63, 3.8) is 0 Å². The van der Waals surface area contributed by atoms with Crippen LogP contribution in [0.1, 0.15) is 21.0 Å². The fourth-order valence-corrected chi connectivity index (χ4v) is 3.70. The molecule has 0 fully saturated rings. The molecular weight excluding hydrogens is 306 g/mol. The van der Waals surface area contributed by atoms with Crippen molar-refractivity contribution in [1.29, 1.82) is 0 Å². The topological polar surface area (TPSA) is 12.9 Å². The van der Waals surface area contributed by atoms with E-state index in [2.05, 4.69) is 33.9 Å². The fraction of sp³-hybridized carbons (Fsp3) is 0.250. The second kappa shape index (κ2) is 5.30. The molecule has 0 bridgehead atoms. The summed E-state index contributed by atoms with van der Waals surface area (Å²) < 4.78 is 0. The molecule has 16 heavy (non-hydrogen) atoms. The van der Waals surface area contributed by atoms with Crippen LogP contribution in [0.4, 0.5) is 0 Å². The minimum atomic E-state index is 0.244. The molecule has 0 N–H and O–H groups in total. The maximum absolute atomic E-state index is 6.10. The molecule has 0 aliphatic rings. The van der Waals surface area contributed by atoms with Crippen LogP contribution in [0.15, 0.2) is 29.8 Å². The first-order valence-electron chi connectivity index (χ1n) is 4.96. The van der Waals surface area contributed by atoms with Gasteiger partial charge in [0.1, 0.15) is 0 Å². The lowest BCUT2D eigenvalue weighted by Crippen LogP contribution is -1.98. The smallest absolute Gasteiger partial charge is 0.0559 e. The summed E-state index contributed by atoms with van der Waals surface area (Å²) in [6, 6.07) is 5.97. The van der Waals surface area contributed by atoms with Crippen LogP contribution < -0.4 is 0 Å². The van der Waals surface area contributed by atoms with Gasteiger partial charge in [-0.3, -0.25) is 4.98 Å². The minimum Gasteiger partial charge on any atom is -0.261 e. The Morgan fingerprint density at radius 1 is 1.50 bits per heavy atom. The lowest BCUT2D eigenvalue weighted by atomic mass is 10.1. The summed E-state index contributed by atoms with van der Waals surface area (Å²) >= 11 is 11.4. The average Bonchev–Trinajstić information content (AvgIpc) is 2.68. The number of hydrogen-bond acceptors (Lipinski definition) is 2. The predicted molar refractivity (Wildman–Crippen MR) is 73.7 cm³/mol. The van der Waals surface area contributed by atoms with Gasteiger partial charge in [-0.2, -0.15) is 0 Å². The zero-order valence-corrected chi connectivity index (χ0v) is 11.9. The molecule has 1 unspecified atom stereocenters. The van der Waals surface area contributed by atoms with E-state index in [4.69, 9.17) is 11.6 Å². The maximum Gasteiger partial charge on any atom is 0.0559 e. The number of nitrogens with zero attached hydrogens (tertiary/aromatic N) is 1. The van der Waals surface area contributed by atoms with Crippen LogP contribution in [0.3, 0.4) is 0 Å². The van der Waals surface area contributed by atoms with E-state index < -0.39 is 0 Å². The number of pyridine rings is 1. The number of hydrogen-bond donors (Lipinski definition) is 0. The molecule has 0 spiro atoms. The van der Waals surface area contributed by atoms with Crippen molar-refractivity contribution in [2.75, 3.05) is 0 Å². The number of thiophene rings is 1. The zero-order chi connectivity index (χ0) is 11.5. The molecular formula is C12H11BrClNS. The standard InChI is InChI=1S/C12H11BrClNS/c1-8-3-2-5-15-11(8)7-9(13)12-10(14)4-6-16-12/h2-6,9H,7H2,1H3. The molecule has 0 saturated carbocycles. The number of halogens is 2. The fourth-order valence-electron chi connectivity index (χ4n) is 1.52. The van der Waals surface area contributed by atoms with Gasteiger partial charge < -0.3 is 0 Å². The van der Waals surface area contributed by atoms with Crippen LogP contribution in [0.5, 0.6) is 0 Å². The molecule has 2 heterocycles. The van der Waals surface area contributed by atoms with Crippen LogP contribution in [-0.2, 0) is 6.42 Å². The number of aryl methyl sites for hydroxylation is 1. The number of alkyl halides is 1. The quantitative estimate of drug-likeness (QED) is 0.742. The van der Waals surface area contributed by atoms with E-state index in [1.807, 2.05) is 23.7 Å². The highest BCUT2D eigenvalue weighted by atomic mass is 79.9. The van der Waals surface area contributed by atoms with Gasteiger partial charge in [0.05, 0.1) is 9.85 Å². The molecule has 0 saturated heterocycles. The van der Waals surface area contributed by atoms with Gasteiger partial charge in [0.25, 0.3) is 0 Å². The number of aromatic nitrogens is 1. The Morgan fingerprint density at radius 2 is 2.31 bits per heavy atom. The highest BCUT2D eigenvalue weighted by molar-refractivity contribution is 9.09. The van der Waals surface area contributed by atoms with Crippen molar-refractivity contribution in [1.82, 2.24) is 4.98 Å². The van der Waals surface area contributed by atoms with E-state index in [0.717, 1.165) is 17.1 Å². The van der Waals surface area contributed by atoms with Crippen molar-refractivity contribution in [3.05, 3.63) is 50.9 Å². The van der Waals surface area contributed by atoms with Crippen molar-refractivity contribution in [3.8, 4) is 0 Å². The summed E-state index contributed by atoms with van der Waals surface area (Å²) in [5, 5.41) is 2.84. The van der Waals surface area contributed by atoms with Crippen LogP contribution in [0.2, 0.25) is 5.02 Å². The molecule has 4 heteroatoms. The molecule has 0 radical (unpaired) electrons. The van der Waals surface area contributed by atoms with Gasteiger partial charge in [-0.15, -0.1) is 11.3 Å². The minimum absolute atomic E-state index is 0.244. The first kappa shape index (κ1) is 12.1. The second-order valence-electron chi connectivity index (χ2n) is 3.57. The summed E-state index contributed by atoms with van der Waals surface area (Å²) in [5.41, 5.74) is 2.34. The third kappa shape index (κ3) is 2.65. The lowest BCUT2D eigenvalue weighted by molar-refractivity contribution is 0.905. The van der Waals surface area contributed by atoms with E-state index in [-0.39, 0.29) is 4.83 Å². The van der Waals surface area contributed by atoms with Crippen molar-refractivity contribution in [2.45, 2.75) is 18.2 Å². The first-order valence-corrected chi connectivity index (χ1v) is 7.13. The molecule has 1 nitrogen and oxygen atoms in total. The van der Waals surface area contributed by atoms with Gasteiger partial charge >= 0.3 is 0 Å². The number of rotatable bonds is 3. The Kier molecular flexibility index (Phi) is 4.00. The van der Waals surface area contributed by atoms with E-state index in [1.54, 1.807) is 11.3 Å². The Bertz CT molecular complexity index is 483. The van der Waals surface area contributed by atoms with Gasteiger partial charge in [0.2, 0.25) is 0 Å². The highest BCUT2D eigenvalue weighted by Gasteiger charge is 2.15. The van der Waals surface area contributed by atoms with Gasteiger partial charge in [-0.05, 0) is 30.0 Å². The van der Waals surface area contributed by atoms with Crippen LogP contribution in [0, 0.1) is 6.92 Å². The Labute approximate surface area is 113 Å². The predicted octanol–water partition coefficient (Wildman–Crippen LogP) is 4.78. The van der Waals surface area contributed by atoms with E-state index in [0.29, 0.717) is 0 Å². The Hall–Kier alpha value is -0.380. The second-order valence-corrected chi connectivity index (χ2v) is 6.03. The Balaban J connectivity index is 2.17. The molecule has 0 aliphatic heterocycles. The SMILES string of the molecule is Cc1cccnc1CC(Br)c1sccc1Cl. The van der Waals surface area contributed by atoms with Gasteiger partial charge in [-0.25, -0.2) is 0 Å². The van der Waals surface area contributed by atoms with Crippen LogP contribution >= 0.6 is 38.9 Å². The van der Waals surface area contributed by atoms with Crippen molar-refractivity contribution >= 4 is 38.9 Å². The summed E-state index contributed by atoms with van der Waals surface area (Å²) in [6.45, 7) is 2.08. The van der Waals surface area contributed by atoms with Crippen LogP contribution in [-0.4, -0.2) is 4.98 Å². The van der Waals surface area contributed by atoms with Gasteiger partial charge in [0, 0.05) is 23.2 Å². The van der Waals surface area contributed by atoms with Gasteiger partial charge in [0.15, 0.2) is 0 Å². The van der Waals surface area contributed by atoms with E-state index in [9.17, 15) is 0 Å². The molecule has 2 rings (SSSR count). The molecule has 84 valence electrons. The van der Waals surface area contributed by atoms with E-state index >= 15 is 0 Å². The van der Waals surface area contributed by atoms with Crippen molar-refractivity contribution < 1.29 is 0 Å². The third-order valence-electron chi connectivity index (χ3n) is 2.42. The summed E-state index contributed by atoms with van der Waals surface area (Å²) in [5.74, 6) is 0. The molecule has 0 amide bonds. The van der Waals surface area contributed by atoms with Gasteiger partial charge in [-0.1, -0.05) is 33.6 Å². The largest absolute Gasteiger partial charge is 0.261 e. The normalized spacial score (nSPS) is 12.7. The third-order valence-corrected chi connectivity index (χ3v) is 4.98. The van der Waals surface area contributed by atoms with Crippen molar-refractivity contribution in [2.24, 2.45) is 0 Å². The van der Waals surface area contributed by atoms with Crippen LogP contribution in [0.25, 0.3) is 0 Å². The average molecular weight is 317 g/mol.